The molecule has 1 heterocycles. The molecule has 0 unspecified atom stereocenters. The zero-order chi connectivity index (χ0) is 12.4. The normalized spacial score (nSPS) is 10.7. The minimum atomic E-state index is -0.481. The molecule has 0 fully saturated rings. The van der Waals surface area contributed by atoms with Crippen molar-refractivity contribution in [2.24, 2.45) is 11.5 Å². The van der Waals surface area contributed by atoms with Gasteiger partial charge in [0.25, 0.3) is 0 Å². The van der Waals surface area contributed by atoms with Crippen molar-refractivity contribution in [3.8, 4) is 0 Å². The lowest BCUT2D eigenvalue weighted by Gasteiger charge is -2.13. The summed E-state index contributed by atoms with van der Waals surface area (Å²) in [4.78, 5) is 17.1. The molecule has 5 nitrogen and oxygen atoms in total. The fourth-order valence-corrected chi connectivity index (χ4v) is 2.68. The first kappa shape index (κ1) is 11.8. The molecule has 0 bridgehead atoms. The molecule has 0 aliphatic rings. The van der Waals surface area contributed by atoms with Crippen LogP contribution in [0.25, 0.3) is 10.2 Å². The zero-order valence-corrected chi connectivity index (χ0v) is 10.3. The third kappa shape index (κ3) is 2.22. The van der Waals surface area contributed by atoms with Gasteiger partial charge in [-0.3, -0.25) is 4.90 Å². The highest BCUT2D eigenvalue weighted by molar-refractivity contribution is 7.22. The molecule has 0 spiro atoms. The first-order valence-electron chi connectivity index (χ1n) is 5.32. The van der Waals surface area contributed by atoms with E-state index in [1.54, 1.807) is 0 Å². The van der Waals surface area contributed by atoms with E-state index in [9.17, 15) is 4.79 Å². The zero-order valence-electron chi connectivity index (χ0n) is 9.51. The van der Waals surface area contributed by atoms with Crippen LogP contribution in [-0.2, 0) is 6.54 Å². The topological polar surface area (TPSA) is 85.2 Å². The summed E-state index contributed by atoms with van der Waals surface area (Å²) >= 11 is 1.45. The van der Waals surface area contributed by atoms with Gasteiger partial charge in [0.05, 0.1) is 10.2 Å². The summed E-state index contributed by atoms with van der Waals surface area (Å²) in [6.07, 6.45) is 0. The van der Waals surface area contributed by atoms with E-state index >= 15 is 0 Å². The highest BCUT2D eigenvalue weighted by Crippen LogP contribution is 2.29. The van der Waals surface area contributed by atoms with E-state index in [0.29, 0.717) is 18.2 Å². The number of fused-ring (bicyclic) bond motifs is 1. The fraction of sp³-hybridized carbons (Fsp3) is 0.273. The summed E-state index contributed by atoms with van der Waals surface area (Å²) in [6.45, 7) is 2.87. The first-order chi connectivity index (χ1) is 8.15. The van der Waals surface area contributed by atoms with Gasteiger partial charge in [-0.25, -0.2) is 9.78 Å². The van der Waals surface area contributed by atoms with Gasteiger partial charge in [-0.15, -0.1) is 0 Å². The van der Waals surface area contributed by atoms with Crippen LogP contribution >= 0.6 is 11.3 Å². The molecule has 1 aromatic heterocycles. The maximum Gasteiger partial charge on any atom is 0.321 e. The Kier molecular flexibility index (Phi) is 3.26. The summed E-state index contributed by atoms with van der Waals surface area (Å²) in [7, 11) is 0. The Balaban J connectivity index is 2.46. The number of hydrogen-bond acceptors (Lipinski definition) is 4. The number of urea groups is 1. The molecule has 6 heteroatoms. The summed E-state index contributed by atoms with van der Waals surface area (Å²) < 4.78 is 1.02. The van der Waals surface area contributed by atoms with Gasteiger partial charge < -0.3 is 11.5 Å². The quantitative estimate of drug-likeness (QED) is 0.868. The number of nitrogens with two attached hydrogens (primary N) is 2. The number of anilines is 1. The molecule has 90 valence electrons. The predicted molar refractivity (Wildman–Crippen MR) is 70.1 cm³/mol. The molecular weight excluding hydrogens is 236 g/mol. The van der Waals surface area contributed by atoms with Crippen LogP contribution in [-0.4, -0.2) is 17.6 Å². The van der Waals surface area contributed by atoms with E-state index in [4.69, 9.17) is 11.5 Å². The first-order valence-corrected chi connectivity index (χ1v) is 6.14. The predicted octanol–water partition coefficient (Wildman–Crippen LogP) is 1.66. The molecule has 1 aromatic carbocycles. The Bertz CT molecular complexity index is 551. The molecule has 4 N–H and O–H groups in total. The Labute approximate surface area is 103 Å². The van der Waals surface area contributed by atoms with Crippen molar-refractivity contribution in [2.45, 2.75) is 13.5 Å². The minimum Gasteiger partial charge on any atom is -0.351 e. The van der Waals surface area contributed by atoms with Gasteiger partial charge in [0.15, 0.2) is 5.13 Å². The van der Waals surface area contributed by atoms with E-state index in [1.165, 1.54) is 16.2 Å². The van der Waals surface area contributed by atoms with Crippen molar-refractivity contribution in [3.05, 3.63) is 23.8 Å². The van der Waals surface area contributed by atoms with Crippen molar-refractivity contribution in [1.29, 1.82) is 0 Å². The van der Waals surface area contributed by atoms with Crippen molar-refractivity contribution in [2.75, 3.05) is 11.4 Å². The van der Waals surface area contributed by atoms with Gasteiger partial charge in [-0.1, -0.05) is 17.4 Å². The Hall–Kier alpha value is -1.66. The number of nitrogens with zero attached hydrogens (tertiary/aromatic N) is 2. The van der Waals surface area contributed by atoms with Crippen LogP contribution in [0, 0.1) is 0 Å². The number of carbonyl (C=O) groups excluding carboxylic acids is 1. The molecule has 0 radical (unpaired) electrons. The molecule has 17 heavy (non-hydrogen) atoms. The van der Waals surface area contributed by atoms with Crippen LogP contribution in [0.15, 0.2) is 18.2 Å². The second kappa shape index (κ2) is 4.68. The molecule has 2 rings (SSSR count). The number of carbonyl (C=O) groups is 1. The van der Waals surface area contributed by atoms with Gasteiger partial charge >= 0.3 is 6.03 Å². The van der Waals surface area contributed by atoms with Crippen molar-refractivity contribution in [1.82, 2.24) is 4.98 Å². The lowest BCUT2D eigenvalue weighted by Crippen LogP contribution is -2.35. The minimum absolute atomic E-state index is 0.481. The molecule has 0 saturated carbocycles. The maximum absolute atomic E-state index is 11.2. The molecule has 0 aliphatic heterocycles. The smallest absolute Gasteiger partial charge is 0.321 e. The number of hydrogen-bond donors (Lipinski definition) is 2. The molecular formula is C11H14N4OS. The fourth-order valence-electron chi connectivity index (χ4n) is 1.58. The lowest BCUT2D eigenvalue weighted by atomic mass is 10.2. The van der Waals surface area contributed by atoms with Gasteiger partial charge in [-0.2, -0.15) is 0 Å². The van der Waals surface area contributed by atoms with E-state index < -0.39 is 6.03 Å². The van der Waals surface area contributed by atoms with Crippen LogP contribution in [0.3, 0.4) is 0 Å². The second-order valence-corrected chi connectivity index (χ2v) is 4.59. The van der Waals surface area contributed by atoms with Gasteiger partial charge in [0.1, 0.15) is 0 Å². The molecule has 0 saturated heterocycles. The molecule has 0 aliphatic carbocycles. The van der Waals surface area contributed by atoms with Gasteiger partial charge in [0.2, 0.25) is 0 Å². The van der Waals surface area contributed by atoms with E-state index in [-0.39, 0.29) is 0 Å². The van der Waals surface area contributed by atoms with Gasteiger partial charge in [-0.05, 0) is 24.6 Å². The van der Waals surface area contributed by atoms with Crippen LogP contribution in [0.2, 0.25) is 0 Å². The van der Waals surface area contributed by atoms with Crippen LogP contribution in [0.1, 0.15) is 12.5 Å². The average molecular weight is 250 g/mol. The highest BCUT2D eigenvalue weighted by atomic mass is 32.1. The number of primary amides is 1. The second-order valence-electron chi connectivity index (χ2n) is 3.59. The van der Waals surface area contributed by atoms with Crippen molar-refractivity contribution < 1.29 is 4.79 Å². The lowest BCUT2D eigenvalue weighted by molar-refractivity contribution is 0.254. The third-order valence-electron chi connectivity index (χ3n) is 2.49. The number of rotatable bonds is 3. The molecule has 0 atom stereocenters. The monoisotopic (exact) mass is 250 g/mol. The largest absolute Gasteiger partial charge is 0.351 e. The third-order valence-corrected chi connectivity index (χ3v) is 3.53. The number of amides is 2. The molecule has 2 amide bonds. The summed E-state index contributed by atoms with van der Waals surface area (Å²) in [6, 6.07) is 5.36. The highest BCUT2D eigenvalue weighted by Gasteiger charge is 2.14. The average Bonchev–Trinajstić information content (AvgIpc) is 2.71. The van der Waals surface area contributed by atoms with Crippen LogP contribution < -0.4 is 16.4 Å². The summed E-state index contributed by atoms with van der Waals surface area (Å²) in [5.41, 5.74) is 12.8. The van der Waals surface area contributed by atoms with Crippen LogP contribution in [0.4, 0.5) is 9.93 Å². The van der Waals surface area contributed by atoms with Crippen molar-refractivity contribution >= 4 is 32.7 Å². The van der Waals surface area contributed by atoms with E-state index in [1.807, 2.05) is 25.1 Å². The summed E-state index contributed by atoms with van der Waals surface area (Å²) in [5.74, 6) is 0. The summed E-state index contributed by atoms with van der Waals surface area (Å²) in [5, 5.41) is 0.629. The SMILES string of the molecule is CCN(C(N)=O)c1nc2ccc(CN)cc2s1. The number of aromatic nitrogens is 1. The van der Waals surface area contributed by atoms with Crippen LogP contribution in [0.5, 0.6) is 0 Å². The Morgan fingerprint density at radius 3 is 2.88 bits per heavy atom. The van der Waals surface area contributed by atoms with E-state index in [0.717, 1.165) is 15.8 Å². The Morgan fingerprint density at radius 1 is 1.53 bits per heavy atom. The number of benzene rings is 1. The standard InChI is InChI=1S/C11H14N4OS/c1-2-15(10(13)16)11-14-8-4-3-7(6-12)5-9(8)17-11/h3-5H,2,6,12H2,1H3,(H2,13,16). The van der Waals surface area contributed by atoms with E-state index in [2.05, 4.69) is 4.98 Å². The van der Waals surface area contributed by atoms with Crippen molar-refractivity contribution in [3.63, 3.8) is 0 Å². The molecule has 2 aromatic rings. The number of thiazole rings is 1. The van der Waals surface area contributed by atoms with Gasteiger partial charge in [0, 0.05) is 13.1 Å². The maximum atomic E-state index is 11.2. The Morgan fingerprint density at radius 2 is 2.29 bits per heavy atom.